The minimum absolute atomic E-state index is 0.00648. The number of anilines is 1. The zero-order valence-corrected chi connectivity index (χ0v) is 17.1. The molecule has 1 fully saturated rings. The van der Waals surface area contributed by atoms with Crippen LogP contribution < -0.4 is 9.64 Å². The van der Waals surface area contributed by atoms with Gasteiger partial charge >= 0.3 is 0 Å². The maximum absolute atomic E-state index is 13.0. The van der Waals surface area contributed by atoms with Crippen LogP contribution in [-0.2, 0) is 0 Å². The Kier molecular flexibility index (Phi) is 5.25. The molecule has 0 aliphatic carbocycles. The van der Waals surface area contributed by atoms with Gasteiger partial charge in [0.05, 0.1) is 12.8 Å². The van der Waals surface area contributed by atoms with E-state index in [-0.39, 0.29) is 11.9 Å². The lowest BCUT2D eigenvalue weighted by molar-refractivity contribution is 0.0720. The van der Waals surface area contributed by atoms with Gasteiger partial charge in [-0.05, 0) is 61.9 Å². The first-order valence-corrected chi connectivity index (χ1v) is 9.87. The third-order valence-corrected chi connectivity index (χ3v) is 5.44. The average molecular weight is 390 g/mol. The van der Waals surface area contributed by atoms with E-state index in [9.17, 15) is 4.79 Å². The summed E-state index contributed by atoms with van der Waals surface area (Å²) in [4.78, 5) is 17.3. The highest BCUT2D eigenvalue weighted by Crippen LogP contribution is 2.24. The Balaban J connectivity index is 1.45. The summed E-state index contributed by atoms with van der Waals surface area (Å²) >= 11 is 0. The van der Waals surface area contributed by atoms with Gasteiger partial charge < -0.3 is 14.5 Å². The Hall–Kier alpha value is -3.28. The largest absolute Gasteiger partial charge is 0.497 e. The molecule has 2 aromatic carbocycles. The van der Waals surface area contributed by atoms with Gasteiger partial charge in [0.25, 0.3) is 5.91 Å². The highest BCUT2D eigenvalue weighted by molar-refractivity contribution is 5.93. The molecule has 1 saturated heterocycles. The first kappa shape index (κ1) is 19.1. The number of hydrogen-bond donors (Lipinski definition) is 1. The van der Waals surface area contributed by atoms with Crippen LogP contribution in [-0.4, -0.2) is 53.8 Å². The minimum Gasteiger partial charge on any atom is -0.497 e. The van der Waals surface area contributed by atoms with Crippen molar-refractivity contribution in [2.24, 2.45) is 0 Å². The number of piperazine rings is 1. The number of carbonyl (C=O) groups is 1. The second-order valence-corrected chi connectivity index (χ2v) is 7.53. The molecular formula is C23H26N4O2. The number of H-pyrrole nitrogens is 1. The summed E-state index contributed by atoms with van der Waals surface area (Å²) in [6.07, 6.45) is 0. The van der Waals surface area contributed by atoms with E-state index in [1.165, 1.54) is 11.3 Å². The van der Waals surface area contributed by atoms with Crippen molar-refractivity contribution < 1.29 is 9.53 Å². The van der Waals surface area contributed by atoms with Crippen LogP contribution in [0.1, 0.15) is 23.0 Å². The number of amides is 1. The second kappa shape index (κ2) is 7.99. The quantitative estimate of drug-likeness (QED) is 0.737. The number of methoxy groups -OCH3 is 1. The summed E-state index contributed by atoms with van der Waals surface area (Å²) in [6, 6.07) is 18.2. The maximum Gasteiger partial charge on any atom is 0.272 e. The minimum atomic E-state index is -0.00648. The lowest BCUT2D eigenvalue weighted by Gasteiger charge is -2.41. The molecule has 1 N–H and O–H groups in total. The summed E-state index contributed by atoms with van der Waals surface area (Å²) in [5.74, 6) is 0.786. The van der Waals surface area contributed by atoms with Crippen LogP contribution in [0.5, 0.6) is 5.75 Å². The number of nitrogens with one attached hydrogen (secondary N) is 1. The summed E-state index contributed by atoms with van der Waals surface area (Å²) in [5.41, 5.74) is 4.68. The molecule has 1 amide bonds. The van der Waals surface area contributed by atoms with Crippen molar-refractivity contribution in [3.63, 3.8) is 0 Å². The number of rotatable bonds is 4. The van der Waals surface area contributed by atoms with Crippen LogP contribution in [0, 0.1) is 6.92 Å². The predicted molar refractivity (Wildman–Crippen MR) is 114 cm³/mol. The molecule has 1 aliphatic heterocycles. The third-order valence-electron chi connectivity index (χ3n) is 5.44. The molecule has 1 aliphatic rings. The lowest BCUT2D eigenvalue weighted by Crippen LogP contribution is -2.53. The summed E-state index contributed by atoms with van der Waals surface area (Å²) in [5, 5.41) is 7.23. The average Bonchev–Trinajstić information content (AvgIpc) is 3.23. The Morgan fingerprint density at radius 2 is 1.93 bits per heavy atom. The third kappa shape index (κ3) is 3.97. The van der Waals surface area contributed by atoms with E-state index in [1.807, 2.05) is 35.2 Å². The Bertz CT molecular complexity index is 996. The van der Waals surface area contributed by atoms with Crippen molar-refractivity contribution in [1.82, 2.24) is 15.1 Å². The number of aromatic amines is 1. The zero-order chi connectivity index (χ0) is 20.4. The Morgan fingerprint density at radius 1 is 1.14 bits per heavy atom. The molecule has 0 spiro atoms. The number of nitrogens with zero attached hydrogens (tertiary/aromatic N) is 3. The van der Waals surface area contributed by atoms with E-state index in [0.717, 1.165) is 23.6 Å². The fourth-order valence-electron chi connectivity index (χ4n) is 3.84. The molecule has 1 aromatic heterocycles. The summed E-state index contributed by atoms with van der Waals surface area (Å²) in [6.45, 7) is 6.46. The van der Waals surface area contributed by atoms with Gasteiger partial charge in [0.2, 0.25) is 0 Å². The van der Waals surface area contributed by atoms with Crippen LogP contribution in [0.2, 0.25) is 0 Å². The Labute approximate surface area is 171 Å². The van der Waals surface area contributed by atoms with Crippen molar-refractivity contribution >= 4 is 11.6 Å². The highest BCUT2D eigenvalue weighted by Gasteiger charge is 2.28. The van der Waals surface area contributed by atoms with E-state index >= 15 is 0 Å². The monoisotopic (exact) mass is 390 g/mol. The van der Waals surface area contributed by atoms with Gasteiger partial charge in [-0.2, -0.15) is 5.10 Å². The van der Waals surface area contributed by atoms with Gasteiger partial charge in [-0.1, -0.05) is 12.1 Å². The number of ether oxygens (including phenoxy) is 1. The standard InChI is InChI=1S/C23H26N4O2/c1-16-5-4-6-19(13-16)27-12-11-26(15-17(27)2)23(28)22-14-21(24-25-22)18-7-9-20(29-3)10-8-18/h4-10,13-14,17H,11-12,15H2,1-3H3,(H,24,25)/t17-/m1/s1. The van der Waals surface area contributed by atoms with Gasteiger partial charge in [0.1, 0.15) is 11.4 Å². The summed E-state index contributed by atoms with van der Waals surface area (Å²) in [7, 11) is 1.64. The van der Waals surface area contributed by atoms with Crippen molar-refractivity contribution in [3.8, 4) is 17.0 Å². The van der Waals surface area contributed by atoms with Gasteiger partial charge in [-0.25, -0.2) is 0 Å². The van der Waals surface area contributed by atoms with Gasteiger partial charge in [-0.3, -0.25) is 9.89 Å². The molecule has 6 nitrogen and oxygen atoms in total. The predicted octanol–water partition coefficient (Wildman–Crippen LogP) is 3.74. The van der Waals surface area contributed by atoms with E-state index in [4.69, 9.17) is 4.74 Å². The summed E-state index contributed by atoms with van der Waals surface area (Å²) < 4.78 is 5.19. The van der Waals surface area contributed by atoms with E-state index in [2.05, 4.69) is 53.2 Å². The molecule has 1 atom stereocenters. The van der Waals surface area contributed by atoms with Crippen molar-refractivity contribution in [3.05, 3.63) is 65.9 Å². The number of benzene rings is 2. The first-order chi connectivity index (χ1) is 14.0. The van der Waals surface area contributed by atoms with Crippen LogP contribution >= 0.6 is 0 Å². The van der Waals surface area contributed by atoms with Crippen LogP contribution in [0.25, 0.3) is 11.3 Å². The molecule has 4 rings (SSSR count). The van der Waals surface area contributed by atoms with Gasteiger partial charge in [0.15, 0.2) is 0 Å². The number of aromatic nitrogens is 2. The molecule has 2 heterocycles. The smallest absolute Gasteiger partial charge is 0.272 e. The number of aryl methyl sites for hydroxylation is 1. The first-order valence-electron chi connectivity index (χ1n) is 9.87. The Morgan fingerprint density at radius 3 is 2.62 bits per heavy atom. The van der Waals surface area contributed by atoms with Gasteiger partial charge in [-0.15, -0.1) is 0 Å². The van der Waals surface area contributed by atoms with Crippen molar-refractivity contribution in [2.75, 3.05) is 31.6 Å². The molecule has 0 bridgehead atoms. The molecule has 6 heteroatoms. The molecular weight excluding hydrogens is 364 g/mol. The number of carbonyl (C=O) groups excluding carboxylic acids is 1. The maximum atomic E-state index is 13.0. The van der Waals surface area contributed by atoms with Crippen LogP contribution in [0.15, 0.2) is 54.6 Å². The van der Waals surface area contributed by atoms with Crippen LogP contribution in [0.3, 0.4) is 0 Å². The van der Waals surface area contributed by atoms with Crippen molar-refractivity contribution in [1.29, 1.82) is 0 Å². The fraction of sp³-hybridized carbons (Fsp3) is 0.304. The van der Waals surface area contributed by atoms with E-state index in [1.54, 1.807) is 7.11 Å². The molecule has 3 aromatic rings. The van der Waals surface area contributed by atoms with E-state index < -0.39 is 0 Å². The molecule has 0 radical (unpaired) electrons. The lowest BCUT2D eigenvalue weighted by atomic mass is 10.1. The van der Waals surface area contributed by atoms with Crippen molar-refractivity contribution in [2.45, 2.75) is 19.9 Å². The molecule has 29 heavy (non-hydrogen) atoms. The SMILES string of the molecule is COc1ccc(-c2cc(C(=O)N3CCN(c4cccc(C)c4)[C@H](C)C3)[nH]n2)cc1. The normalized spacial score (nSPS) is 16.7. The van der Waals surface area contributed by atoms with Crippen LogP contribution in [0.4, 0.5) is 5.69 Å². The highest BCUT2D eigenvalue weighted by atomic mass is 16.5. The van der Waals surface area contributed by atoms with Gasteiger partial charge in [0, 0.05) is 36.9 Å². The molecule has 150 valence electrons. The fourth-order valence-corrected chi connectivity index (χ4v) is 3.84. The topological polar surface area (TPSA) is 61.5 Å². The zero-order valence-electron chi connectivity index (χ0n) is 17.1. The molecule has 0 saturated carbocycles. The van der Waals surface area contributed by atoms with E-state index in [0.29, 0.717) is 18.8 Å². The molecule has 0 unspecified atom stereocenters. The number of hydrogen-bond acceptors (Lipinski definition) is 4. The second-order valence-electron chi connectivity index (χ2n) is 7.53.